The van der Waals surface area contributed by atoms with E-state index in [1.54, 1.807) is 11.3 Å². The molecule has 1 aromatic heterocycles. The molecule has 0 amide bonds. The zero-order chi connectivity index (χ0) is 11.5. The molecule has 1 heterocycles. The number of benzene rings is 1. The summed E-state index contributed by atoms with van der Waals surface area (Å²) in [5.74, 6) is -0.148. The monoisotopic (exact) mass is 234 g/mol. The number of thiophene rings is 1. The highest BCUT2D eigenvalue weighted by Gasteiger charge is 2.10. The molecule has 0 atom stereocenters. The van der Waals surface area contributed by atoms with Gasteiger partial charge in [-0.1, -0.05) is 12.1 Å². The van der Waals surface area contributed by atoms with Gasteiger partial charge in [-0.05, 0) is 41.8 Å². The maximum absolute atomic E-state index is 11.4. The van der Waals surface area contributed by atoms with Crippen molar-refractivity contribution < 1.29 is 9.53 Å². The Morgan fingerprint density at radius 1 is 1.44 bits per heavy atom. The normalized spacial score (nSPS) is 10.6. The second-order valence-corrected chi connectivity index (χ2v) is 4.60. The van der Waals surface area contributed by atoms with Crippen molar-refractivity contribution in [2.45, 2.75) is 20.3 Å². The summed E-state index contributed by atoms with van der Waals surface area (Å²) < 4.78 is 6.21. The molecule has 0 aliphatic heterocycles. The van der Waals surface area contributed by atoms with E-state index in [2.05, 4.69) is 24.4 Å². The summed E-state index contributed by atoms with van der Waals surface area (Å²) in [4.78, 5) is 11.4. The molecule has 0 aliphatic carbocycles. The fourth-order valence-corrected chi connectivity index (χ4v) is 2.88. The molecular weight excluding hydrogens is 220 g/mol. The van der Waals surface area contributed by atoms with Crippen molar-refractivity contribution in [3.05, 3.63) is 34.7 Å². The first-order valence-electron chi connectivity index (χ1n) is 5.33. The number of hydrogen-bond donors (Lipinski definition) is 0. The van der Waals surface area contributed by atoms with Crippen LogP contribution in [0.1, 0.15) is 18.1 Å². The minimum Gasteiger partial charge on any atom is -0.466 e. The maximum atomic E-state index is 11.4. The van der Waals surface area contributed by atoms with Gasteiger partial charge < -0.3 is 4.74 Å². The minimum absolute atomic E-state index is 0.148. The molecular formula is C13H14O2S. The summed E-state index contributed by atoms with van der Waals surface area (Å²) in [6, 6.07) is 6.20. The molecule has 0 N–H and O–H groups in total. The smallest absolute Gasteiger partial charge is 0.310 e. The Hall–Kier alpha value is -1.35. The highest BCUT2D eigenvalue weighted by molar-refractivity contribution is 7.17. The van der Waals surface area contributed by atoms with Crippen LogP contribution in [0.25, 0.3) is 10.1 Å². The SMILES string of the molecule is CCOC(=O)Cc1csc2cccc(C)c12. The van der Waals surface area contributed by atoms with Crippen LogP contribution in [0.4, 0.5) is 0 Å². The number of rotatable bonds is 3. The predicted molar refractivity (Wildman–Crippen MR) is 66.9 cm³/mol. The van der Waals surface area contributed by atoms with E-state index in [0.717, 1.165) is 5.56 Å². The average Bonchev–Trinajstić information content (AvgIpc) is 2.63. The largest absolute Gasteiger partial charge is 0.466 e. The number of aryl methyl sites for hydroxylation is 1. The highest BCUT2D eigenvalue weighted by Crippen LogP contribution is 2.29. The fourth-order valence-electron chi connectivity index (χ4n) is 1.84. The van der Waals surface area contributed by atoms with Gasteiger partial charge in [0.15, 0.2) is 0 Å². The van der Waals surface area contributed by atoms with E-state index in [1.165, 1.54) is 15.6 Å². The van der Waals surface area contributed by atoms with E-state index in [-0.39, 0.29) is 5.97 Å². The van der Waals surface area contributed by atoms with Gasteiger partial charge in [-0.2, -0.15) is 0 Å². The van der Waals surface area contributed by atoms with Crippen molar-refractivity contribution >= 4 is 27.4 Å². The number of esters is 1. The van der Waals surface area contributed by atoms with E-state index in [0.29, 0.717) is 13.0 Å². The molecule has 2 nitrogen and oxygen atoms in total. The minimum atomic E-state index is -0.148. The summed E-state index contributed by atoms with van der Waals surface area (Å²) in [6.45, 7) is 4.35. The topological polar surface area (TPSA) is 26.3 Å². The third-order valence-corrected chi connectivity index (χ3v) is 3.52. The Morgan fingerprint density at radius 3 is 3.00 bits per heavy atom. The number of carbonyl (C=O) groups is 1. The van der Waals surface area contributed by atoms with Gasteiger partial charge >= 0.3 is 5.97 Å². The van der Waals surface area contributed by atoms with Crippen molar-refractivity contribution in [2.24, 2.45) is 0 Å². The molecule has 16 heavy (non-hydrogen) atoms. The van der Waals surface area contributed by atoms with Crippen LogP contribution in [0.2, 0.25) is 0 Å². The fraction of sp³-hybridized carbons (Fsp3) is 0.308. The molecule has 0 saturated heterocycles. The van der Waals surface area contributed by atoms with E-state index in [4.69, 9.17) is 4.74 Å². The van der Waals surface area contributed by atoms with Gasteiger partial charge in [0.2, 0.25) is 0 Å². The number of ether oxygens (including phenoxy) is 1. The van der Waals surface area contributed by atoms with Gasteiger partial charge in [-0.3, -0.25) is 4.79 Å². The van der Waals surface area contributed by atoms with E-state index < -0.39 is 0 Å². The Balaban J connectivity index is 2.34. The van der Waals surface area contributed by atoms with Crippen LogP contribution in [0.3, 0.4) is 0 Å². The van der Waals surface area contributed by atoms with Crippen LogP contribution in [0.15, 0.2) is 23.6 Å². The molecule has 0 unspecified atom stereocenters. The van der Waals surface area contributed by atoms with Crippen LogP contribution >= 0.6 is 11.3 Å². The first kappa shape index (κ1) is 11.1. The molecule has 0 fully saturated rings. The van der Waals surface area contributed by atoms with Gasteiger partial charge in [0.05, 0.1) is 13.0 Å². The summed E-state index contributed by atoms with van der Waals surface area (Å²) in [5, 5.41) is 3.26. The highest BCUT2D eigenvalue weighted by atomic mass is 32.1. The van der Waals surface area contributed by atoms with Crippen LogP contribution in [-0.2, 0) is 16.0 Å². The molecule has 0 spiro atoms. The van der Waals surface area contributed by atoms with Crippen molar-refractivity contribution in [1.29, 1.82) is 0 Å². The molecule has 3 heteroatoms. The maximum Gasteiger partial charge on any atom is 0.310 e. The van der Waals surface area contributed by atoms with E-state index >= 15 is 0 Å². The molecule has 1 aromatic carbocycles. The standard InChI is InChI=1S/C13H14O2S/c1-3-15-12(14)7-10-8-16-11-6-4-5-9(2)13(10)11/h4-6,8H,3,7H2,1-2H3. The van der Waals surface area contributed by atoms with Crippen LogP contribution in [0.5, 0.6) is 0 Å². The summed E-state index contributed by atoms with van der Waals surface area (Å²) in [6.07, 6.45) is 0.374. The first-order valence-corrected chi connectivity index (χ1v) is 6.21. The van der Waals surface area contributed by atoms with Crippen molar-refractivity contribution in [1.82, 2.24) is 0 Å². The third kappa shape index (κ3) is 2.09. The second kappa shape index (κ2) is 4.66. The zero-order valence-electron chi connectivity index (χ0n) is 9.45. The van der Waals surface area contributed by atoms with Crippen LogP contribution in [-0.4, -0.2) is 12.6 Å². The van der Waals surface area contributed by atoms with Gasteiger partial charge in [-0.25, -0.2) is 0 Å². The average molecular weight is 234 g/mol. The van der Waals surface area contributed by atoms with Crippen LogP contribution in [0, 0.1) is 6.92 Å². The lowest BCUT2D eigenvalue weighted by Crippen LogP contribution is -2.07. The lowest BCUT2D eigenvalue weighted by molar-refractivity contribution is -0.142. The zero-order valence-corrected chi connectivity index (χ0v) is 10.3. The summed E-state index contributed by atoms with van der Waals surface area (Å²) >= 11 is 1.68. The quantitative estimate of drug-likeness (QED) is 0.761. The van der Waals surface area contributed by atoms with Crippen molar-refractivity contribution in [2.75, 3.05) is 6.61 Å². The molecule has 2 rings (SSSR count). The predicted octanol–water partition coefficient (Wildman–Crippen LogP) is 3.32. The first-order chi connectivity index (χ1) is 7.72. The van der Waals surface area contributed by atoms with E-state index in [1.807, 2.05) is 13.0 Å². The van der Waals surface area contributed by atoms with E-state index in [9.17, 15) is 4.79 Å². The summed E-state index contributed by atoms with van der Waals surface area (Å²) in [7, 11) is 0. The Bertz CT molecular complexity index is 514. The molecule has 0 aliphatic rings. The number of carbonyl (C=O) groups excluding carboxylic acids is 1. The molecule has 2 aromatic rings. The van der Waals surface area contributed by atoms with Gasteiger partial charge in [0, 0.05) is 4.70 Å². The number of hydrogen-bond acceptors (Lipinski definition) is 3. The molecule has 0 radical (unpaired) electrons. The molecule has 84 valence electrons. The molecule has 0 bridgehead atoms. The van der Waals surface area contributed by atoms with Gasteiger partial charge in [-0.15, -0.1) is 11.3 Å². The number of fused-ring (bicyclic) bond motifs is 1. The third-order valence-electron chi connectivity index (χ3n) is 2.52. The molecule has 0 saturated carbocycles. The van der Waals surface area contributed by atoms with Crippen molar-refractivity contribution in [3.8, 4) is 0 Å². The Morgan fingerprint density at radius 2 is 2.25 bits per heavy atom. The summed E-state index contributed by atoms with van der Waals surface area (Å²) in [5.41, 5.74) is 2.30. The lowest BCUT2D eigenvalue weighted by atomic mass is 10.1. The van der Waals surface area contributed by atoms with Gasteiger partial charge in [0.1, 0.15) is 0 Å². The Labute approximate surface area is 98.9 Å². The second-order valence-electron chi connectivity index (χ2n) is 3.69. The van der Waals surface area contributed by atoms with Crippen LogP contribution < -0.4 is 0 Å². The Kier molecular flexibility index (Phi) is 3.25. The van der Waals surface area contributed by atoms with Crippen molar-refractivity contribution in [3.63, 3.8) is 0 Å². The van der Waals surface area contributed by atoms with Gasteiger partial charge in [0.25, 0.3) is 0 Å². The lowest BCUT2D eigenvalue weighted by Gasteiger charge is -2.02.